The van der Waals surface area contributed by atoms with Gasteiger partial charge >= 0.3 is 0 Å². The van der Waals surface area contributed by atoms with Crippen molar-refractivity contribution in [3.63, 3.8) is 0 Å². The maximum absolute atomic E-state index is 4.27. The number of nitrogens with zero attached hydrogens (tertiary/aromatic N) is 2. The molecule has 1 aromatic heterocycles. The van der Waals surface area contributed by atoms with Crippen LogP contribution < -0.4 is 5.32 Å². The normalized spacial score (nSPS) is 12.8. The molecule has 0 fully saturated rings. The van der Waals surface area contributed by atoms with Crippen LogP contribution in [0.2, 0.25) is 0 Å². The molecule has 0 aliphatic heterocycles. The predicted molar refractivity (Wildman–Crippen MR) is 67.2 cm³/mol. The lowest BCUT2D eigenvalue weighted by Crippen LogP contribution is -2.31. The van der Waals surface area contributed by atoms with Gasteiger partial charge in [-0.15, -0.1) is 0 Å². The number of hydrogen-bond acceptors (Lipinski definition) is 2. The molecule has 4 heteroatoms. The summed E-state index contributed by atoms with van der Waals surface area (Å²) in [4.78, 5) is 4.27. The molecule has 15 heavy (non-hydrogen) atoms. The van der Waals surface area contributed by atoms with Crippen LogP contribution in [-0.4, -0.2) is 22.1 Å². The van der Waals surface area contributed by atoms with Gasteiger partial charge in [0.05, 0.1) is 12.0 Å². The van der Waals surface area contributed by atoms with Crippen LogP contribution in [0.3, 0.4) is 0 Å². The average molecular weight is 272 g/mol. The van der Waals surface area contributed by atoms with Crippen molar-refractivity contribution >= 4 is 15.9 Å². The van der Waals surface area contributed by atoms with Gasteiger partial charge in [0.15, 0.2) is 0 Å². The van der Waals surface area contributed by atoms with Gasteiger partial charge < -0.3 is 9.88 Å². The number of imidazole rings is 1. The van der Waals surface area contributed by atoms with E-state index in [0.29, 0.717) is 6.04 Å². The SMILES string of the molecule is C=C(Br)CNC(C)Cn1cnc(C)c1C. The lowest BCUT2D eigenvalue weighted by molar-refractivity contribution is 0.492. The lowest BCUT2D eigenvalue weighted by Gasteiger charge is -2.15. The van der Waals surface area contributed by atoms with E-state index >= 15 is 0 Å². The Bertz CT molecular complexity index is 344. The first kappa shape index (κ1) is 12.5. The van der Waals surface area contributed by atoms with Gasteiger partial charge in [-0.05, 0) is 20.8 Å². The Labute approximate surface area is 99.7 Å². The van der Waals surface area contributed by atoms with Crippen molar-refractivity contribution in [1.82, 2.24) is 14.9 Å². The minimum atomic E-state index is 0.409. The number of hydrogen-bond donors (Lipinski definition) is 1. The number of aryl methyl sites for hydroxylation is 1. The summed E-state index contributed by atoms with van der Waals surface area (Å²) in [5.41, 5.74) is 2.34. The van der Waals surface area contributed by atoms with Gasteiger partial charge in [0.2, 0.25) is 0 Å². The molecule has 0 bridgehead atoms. The molecule has 84 valence electrons. The molecule has 1 N–H and O–H groups in total. The van der Waals surface area contributed by atoms with E-state index < -0.39 is 0 Å². The summed E-state index contributed by atoms with van der Waals surface area (Å²) in [5, 5.41) is 3.37. The highest BCUT2D eigenvalue weighted by Gasteiger charge is 2.06. The van der Waals surface area contributed by atoms with Crippen LogP contribution in [-0.2, 0) is 6.54 Å². The van der Waals surface area contributed by atoms with E-state index in [1.54, 1.807) is 0 Å². The molecule has 0 aliphatic rings. The summed E-state index contributed by atoms with van der Waals surface area (Å²) in [6, 6.07) is 0.409. The number of rotatable bonds is 5. The second-order valence-corrected chi connectivity index (χ2v) is 4.99. The fourth-order valence-corrected chi connectivity index (χ4v) is 1.53. The molecule has 1 atom stereocenters. The molecule has 0 saturated heterocycles. The molecule has 1 heterocycles. The van der Waals surface area contributed by atoms with Crippen molar-refractivity contribution < 1.29 is 0 Å². The third-order valence-corrected chi connectivity index (χ3v) is 2.74. The number of nitrogens with one attached hydrogen (secondary N) is 1. The molecule has 0 saturated carbocycles. The molecular formula is C11H18BrN3. The Balaban J connectivity index is 2.47. The van der Waals surface area contributed by atoms with E-state index in [4.69, 9.17) is 0 Å². The Hall–Kier alpha value is -0.610. The highest BCUT2D eigenvalue weighted by Crippen LogP contribution is 2.05. The fourth-order valence-electron chi connectivity index (χ4n) is 1.37. The summed E-state index contributed by atoms with van der Waals surface area (Å²) in [7, 11) is 0. The Kier molecular flexibility index (Phi) is 4.54. The quantitative estimate of drug-likeness (QED) is 0.892. The second kappa shape index (κ2) is 5.47. The van der Waals surface area contributed by atoms with Gasteiger partial charge in [0, 0.05) is 29.3 Å². The maximum Gasteiger partial charge on any atom is 0.0951 e. The second-order valence-electron chi connectivity index (χ2n) is 3.87. The molecule has 0 radical (unpaired) electrons. The van der Waals surface area contributed by atoms with Crippen LogP contribution >= 0.6 is 15.9 Å². The third kappa shape index (κ3) is 3.80. The van der Waals surface area contributed by atoms with E-state index in [1.165, 1.54) is 5.69 Å². The maximum atomic E-state index is 4.27. The zero-order chi connectivity index (χ0) is 11.4. The van der Waals surface area contributed by atoms with E-state index in [9.17, 15) is 0 Å². The average Bonchev–Trinajstić information content (AvgIpc) is 2.47. The summed E-state index contributed by atoms with van der Waals surface area (Å²) < 4.78 is 3.15. The van der Waals surface area contributed by atoms with Gasteiger partial charge in [0.25, 0.3) is 0 Å². The molecule has 1 unspecified atom stereocenters. The van der Waals surface area contributed by atoms with Crippen LogP contribution in [0, 0.1) is 13.8 Å². The van der Waals surface area contributed by atoms with Crippen LogP contribution in [0.5, 0.6) is 0 Å². The summed E-state index contributed by atoms with van der Waals surface area (Å²) in [5.74, 6) is 0. The smallest absolute Gasteiger partial charge is 0.0951 e. The Morgan fingerprint density at radius 1 is 1.67 bits per heavy atom. The minimum Gasteiger partial charge on any atom is -0.333 e. The number of aromatic nitrogens is 2. The van der Waals surface area contributed by atoms with E-state index in [1.807, 2.05) is 13.3 Å². The molecule has 0 aliphatic carbocycles. The highest BCUT2D eigenvalue weighted by molar-refractivity contribution is 9.11. The number of halogens is 1. The molecular weight excluding hydrogens is 254 g/mol. The zero-order valence-corrected chi connectivity index (χ0v) is 11.1. The fraction of sp³-hybridized carbons (Fsp3) is 0.545. The molecule has 3 nitrogen and oxygen atoms in total. The van der Waals surface area contributed by atoms with E-state index in [0.717, 1.165) is 23.3 Å². The minimum absolute atomic E-state index is 0.409. The van der Waals surface area contributed by atoms with Crippen LogP contribution in [0.15, 0.2) is 17.4 Å². The standard InChI is InChI=1S/C11H18BrN3/c1-8(12)5-13-9(2)6-15-7-14-10(3)11(15)4/h7,9,13H,1,5-6H2,2-4H3. The summed E-state index contributed by atoms with van der Waals surface area (Å²) in [6.45, 7) is 11.8. The molecule has 0 spiro atoms. The lowest BCUT2D eigenvalue weighted by atomic mass is 10.3. The monoisotopic (exact) mass is 271 g/mol. The predicted octanol–water partition coefficient (Wildman–Crippen LogP) is 2.39. The van der Waals surface area contributed by atoms with Crippen molar-refractivity contribution in [3.05, 3.63) is 28.8 Å². The van der Waals surface area contributed by atoms with Gasteiger partial charge in [-0.2, -0.15) is 0 Å². The molecule has 0 aromatic carbocycles. The molecule has 0 amide bonds. The summed E-state index contributed by atoms with van der Waals surface area (Å²) >= 11 is 3.33. The van der Waals surface area contributed by atoms with Gasteiger partial charge in [0.1, 0.15) is 0 Å². The van der Waals surface area contributed by atoms with E-state index in [2.05, 4.69) is 51.2 Å². The molecule has 1 aromatic rings. The zero-order valence-electron chi connectivity index (χ0n) is 9.55. The topological polar surface area (TPSA) is 29.9 Å². The summed E-state index contributed by atoms with van der Waals surface area (Å²) in [6.07, 6.45) is 1.89. The third-order valence-electron chi connectivity index (χ3n) is 2.46. The largest absolute Gasteiger partial charge is 0.333 e. The van der Waals surface area contributed by atoms with Crippen molar-refractivity contribution in [1.29, 1.82) is 0 Å². The van der Waals surface area contributed by atoms with Gasteiger partial charge in [-0.3, -0.25) is 0 Å². The van der Waals surface area contributed by atoms with Gasteiger partial charge in [-0.1, -0.05) is 22.5 Å². The van der Waals surface area contributed by atoms with Crippen molar-refractivity contribution in [2.24, 2.45) is 0 Å². The highest BCUT2D eigenvalue weighted by atomic mass is 79.9. The molecule has 1 rings (SSSR count). The van der Waals surface area contributed by atoms with Crippen LogP contribution in [0.1, 0.15) is 18.3 Å². The van der Waals surface area contributed by atoms with E-state index in [-0.39, 0.29) is 0 Å². The van der Waals surface area contributed by atoms with Crippen molar-refractivity contribution in [2.45, 2.75) is 33.4 Å². The Morgan fingerprint density at radius 2 is 2.33 bits per heavy atom. The van der Waals surface area contributed by atoms with Crippen LogP contribution in [0.25, 0.3) is 0 Å². The Morgan fingerprint density at radius 3 is 2.80 bits per heavy atom. The van der Waals surface area contributed by atoms with Crippen molar-refractivity contribution in [3.8, 4) is 0 Å². The first-order chi connectivity index (χ1) is 7.00. The first-order valence-electron chi connectivity index (χ1n) is 5.05. The van der Waals surface area contributed by atoms with Crippen molar-refractivity contribution in [2.75, 3.05) is 6.54 Å². The van der Waals surface area contributed by atoms with Gasteiger partial charge in [-0.25, -0.2) is 4.98 Å². The van der Waals surface area contributed by atoms with Crippen LogP contribution in [0.4, 0.5) is 0 Å². The first-order valence-corrected chi connectivity index (χ1v) is 5.85.